The van der Waals surface area contributed by atoms with Gasteiger partial charge in [0, 0.05) is 24.1 Å². The summed E-state index contributed by atoms with van der Waals surface area (Å²) in [6.45, 7) is 0.710. The molecule has 37 heavy (non-hydrogen) atoms. The molecule has 192 valence electrons. The summed E-state index contributed by atoms with van der Waals surface area (Å²) in [5.41, 5.74) is 2.53. The van der Waals surface area contributed by atoms with Crippen LogP contribution in [0.1, 0.15) is 27.0 Å². The van der Waals surface area contributed by atoms with Crippen molar-refractivity contribution in [3.05, 3.63) is 88.5 Å². The van der Waals surface area contributed by atoms with Crippen molar-refractivity contribution < 1.29 is 33.6 Å². The third kappa shape index (κ3) is 5.76. The van der Waals surface area contributed by atoms with Gasteiger partial charge in [-0.25, -0.2) is 4.79 Å². The molecule has 1 N–H and O–H groups in total. The second-order valence-electron chi connectivity index (χ2n) is 8.86. The number of carboxylic acid groups (broad SMARTS) is 1. The smallest absolute Gasteiger partial charge is 0.336 e. The van der Waals surface area contributed by atoms with Crippen LogP contribution in [-0.2, 0) is 17.8 Å². The summed E-state index contributed by atoms with van der Waals surface area (Å²) in [5, 5.41) is 10.4. The van der Waals surface area contributed by atoms with Gasteiger partial charge in [-0.05, 0) is 67.2 Å². The first-order chi connectivity index (χ1) is 17.8. The van der Waals surface area contributed by atoms with Gasteiger partial charge in [0.15, 0.2) is 17.3 Å². The fourth-order valence-electron chi connectivity index (χ4n) is 4.31. The lowest BCUT2D eigenvalue weighted by molar-refractivity contribution is -0.130. The van der Waals surface area contributed by atoms with Crippen molar-refractivity contribution in [3.8, 4) is 23.0 Å². The molecule has 0 aromatic heterocycles. The SMILES string of the molecule is COc1ccc(C(=O)/C(Cc2cccc(CN(C)C)c2)=C(\C(=O)O)c2cc(OC)c3c(c2)OCO3)cc1. The number of benzene rings is 3. The number of nitrogens with zero attached hydrogens (tertiary/aromatic N) is 1. The molecule has 0 unspecified atom stereocenters. The predicted molar refractivity (Wildman–Crippen MR) is 139 cm³/mol. The van der Waals surface area contributed by atoms with E-state index in [1.807, 2.05) is 43.3 Å². The zero-order chi connectivity index (χ0) is 26.5. The van der Waals surface area contributed by atoms with E-state index in [4.69, 9.17) is 18.9 Å². The standard InChI is InChI=1S/C29H29NO7/c1-30(2)16-19-7-5-6-18(12-19)13-23(27(31)20-8-10-22(34-3)11-9-20)26(29(32)33)21-14-24(35-4)28-25(15-21)36-17-37-28/h5-12,14-15H,13,16-17H2,1-4H3,(H,32,33)/b26-23-. The molecule has 0 spiro atoms. The number of carbonyl (C=O) groups is 2. The molecule has 3 aromatic rings. The number of hydrogen-bond acceptors (Lipinski definition) is 7. The van der Waals surface area contributed by atoms with Crippen molar-refractivity contribution in [2.75, 3.05) is 35.1 Å². The lowest BCUT2D eigenvalue weighted by atomic mass is 9.89. The Morgan fingerprint density at radius 3 is 2.30 bits per heavy atom. The minimum Gasteiger partial charge on any atom is -0.497 e. The number of aliphatic carboxylic acids is 1. The second-order valence-corrected chi connectivity index (χ2v) is 8.86. The fourth-order valence-corrected chi connectivity index (χ4v) is 4.31. The molecule has 8 nitrogen and oxygen atoms in total. The van der Waals surface area contributed by atoms with Gasteiger partial charge < -0.3 is 29.0 Å². The summed E-state index contributed by atoms with van der Waals surface area (Å²) in [7, 11) is 6.95. The topological polar surface area (TPSA) is 94.5 Å². The van der Waals surface area contributed by atoms with Crippen LogP contribution in [0.3, 0.4) is 0 Å². The fraction of sp³-hybridized carbons (Fsp3) is 0.241. The Hall–Kier alpha value is -4.30. The third-order valence-corrected chi connectivity index (χ3v) is 5.96. The van der Waals surface area contributed by atoms with Crippen LogP contribution in [0.5, 0.6) is 23.0 Å². The summed E-state index contributed by atoms with van der Waals surface area (Å²) in [6, 6.07) is 17.5. The Morgan fingerprint density at radius 1 is 0.919 bits per heavy atom. The van der Waals surface area contributed by atoms with E-state index in [0.29, 0.717) is 35.1 Å². The van der Waals surface area contributed by atoms with E-state index in [9.17, 15) is 14.7 Å². The van der Waals surface area contributed by atoms with Gasteiger partial charge in [0.25, 0.3) is 0 Å². The van der Waals surface area contributed by atoms with Gasteiger partial charge in [-0.15, -0.1) is 0 Å². The zero-order valence-corrected chi connectivity index (χ0v) is 21.2. The average molecular weight is 504 g/mol. The molecule has 0 radical (unpaired) electrons. The molecule has 0 saturated heterocycles. The number of Topliss-reactive ketones (excluding diaryl/α,β-unsaturated/α-hetero) is 1. The van der Waals surface area contributed by atoms with Gasteiger partial charge in [-0.2, -0.15) is 0 Å². The first-order valence-electron chi connectivity index (χ1n) is 11.7. The van der Waals surface area contributed by atoms with Crippen molar-refractivity contribution >= 4 is 17.3 Å². The minimum absolute atomic E-state index is 0.00241. The average Bonchev–Trinajstić information content (AvgIpc) is 3.36. The van der Waals surface area contributed by atoms with Crippen LogP contribution in [0, 0.1) is 0 Å². The van der Waals surface area contributed by atoms with E-state index < -0.39 is 11.8 Å². The van der Waals surface area contributed by atoms with Crippen LogP contribution in [0.2, 0.25) is 0 Å². The highest BCUT2D eigenvalue weighted by atomic mass is 16.7. The molecule has 0 bridgehead atoms. The summed E-state index contributed by atoms with van der Waals surface area (Å²) >= 11 is 0. The largest absolute Gasteiger partial charge is 0.497 e. The van der Waals surface area contributed by atoms with Gasteiger partial charge in [-0.3, -0.25) is 4.79 Å². The monoisotopic (exact) mass is 503 g/mol. The lowest BCUT2D eigenvalue weighted by Crippen LogP contribution is -2.15. The molecule has 3 aromatic carbocycles. The van der Waals surface area contributed by atoms with Gasteiger partial charge in [-0.1, -0.05) is 24.3 Å². The van der Waals surface area contributed by atoms with Crippen molar-refractivity contribution in [3.63, 3.8) is 0 Å². The van der Waals surface area contributed by atoms with E-state index in [1.165, 1.54) is 7.11 Å². The zero-order valence-electron chi connectivity index (χ0n) is 21.2. The van der Waals surface area contributed by atoms with Crippen LogP contribution in [0.4, 0.5) is 0 Å². The molecule has 0 fully saturated rings. The van der Waals surface area contributed by atoms with Crippen LogP contribution in [0.25, 0.3) is 5.57 Å². The molecule has 8 heteroatoms. The molecule has 1 heterocycles. The van der Waals surface area contributed by atoms with E-state index in [-0.39, 0.29) is 29.9 Å². The molecule has 4 rings (SSSR count). The summed E-state index contributed by atoms with van der Waals surface area (Å²) in [5.74, 6) is 0.0510. The number of allylic oxidation sites excluding steroid dienone is 1. The molecular formula is C29H29NO7. The second kappa shape index (κ2) is 11.2. The Bertz CT molecular complexity index is 1340. The number of hydrogen-bond donors (Lipinski definition) is 1. The molecule has 1 aliphatic rings. The Balaban J connectivity index is 1.89. The highest BCUT2D eigenvalue weighted by Gasteiger charge is 2.28. The number of ketones is 1. The molecular weight excluding hydrogens is 474 g/mol. The van der Waals surface area contributed by atoms with E-state index in [2.05, 4.69) is 0 Å². The minimum atomic E-state index is -1.23. The third-order valence-electron chi connectivity index (χ3n) is 5.96. The number of carboxylic acids is 1. The van der Waals surface area contributed by atoms with Gasteiger partial charge in [0.1, 0.15) is 5.75 Å². The Morgan fingerprint density at radius 2 is 1.65 bits per heavy atom. The maximum Gasteiger partial charge on any atom is 0.336 e. The highest BCUT2D eigenvalue weighted by Crippen LogP contribution is 2.44. The molecule has 1 aliphatic heterocycles. The summed E-state index contributed by atoms with van der Waals surface area (Å²) < 4.78 is 21.6. The first kappa shape index (κ1) is 25.8. The number of ether oxygens (including phenoxy) is 4. The van der Waals surface area contributed by atoms with Crippen molar-refractivity contribution in [2.45, 2.75) is 13.0 Å². The number of rotatable bonds is 10. The van der Waals surface area contributed by atoms with E-state index in [1.54, 1.807) is 43.5 Å². The molecule has 0 saturated carbocycles. The van der Waals surface area contributed by atoms with Crippen molar-refractivity contribution in [1.29, 1.82) is 0 Å². The van der Waals surface area contributed by atoms with Crippen molar-refractivity contribution in [2.24, 2.45) is 0 Å². The number of carbonyl (C=O) groups excluding carboxylic acids is 1. The van der Waals surface area contributed by atoms with Crippen molar-refractivity contribution in [1.82, 2.24) is 4.90 Å². The van der Waals surface area contributed by atoms with E-state index in [0.717, 1.165) is 11.1 Å². The summed E-state index contributed by atoms with van der Waals surface area (Å²) in [6.07, 6.45) is 0.116. The van der Waals surface area contributed by atoms with Gasteiger partial charge in [0.05, 0.1) is 19.8 Å². The van der Waals surface area contributed by atoms with Crippen LogP contribution in [-0.4, -0.2) is 56.9 Å². The van der Waals surface area contributed by atoms with Crippen LogP contribution in [0.15, 0.2) is 66.2 Å². The Labute approximate surface area is 215 Å². The molecule has 0 amide bonds. The molecule has 0 aliphatic carbocycles. The van der Waals surface area contributed by atoms with E-state index >= 15 is 0 Å². The number of methoxy groups -OCH3 is 2. The quantitative estimate of drug-likeness (QED) is 0.320. The summed E-state index contributed by atoms with van der Waals surface area (Å²) in [4.78, 5) is 28.6. The predicted octanol–water partition coefficient (Wildman–Crippen LogP) is 4.46. The van der Waals surface area contributed by atoms with Gasteiger partial charge >= 0.3 is 5.97 Å². The highest BCUT2D eigenvalue weighted by molar-refractivity contribution is 6.26. The molecule has 0 atom stereocenters. The maximum absolute atomic E-state index is 13.9. The van der Waals surface area contributed by atoms with Crippen LogP contribution < -0.4 is 18.9 Å². The maximum atomic E-state index is 13.9. The lowest BCUT2D eigenvalue weighted by Gasteiger charge is -2.16. The van der Waals surface area contributed by atoms with Gasteiger partial charge in [0.2, 0.25) is 12.5 Å². The Kier molecular flexibility index (Phi) is 7.79. The first-order valence-corrected chi connectivity index (χ1v) is 11.7. The van der Waals surface area contributed by atoms with Crippen LogP contribution >= 0.6 is 0 Å². The normalized spacial score (nSPS) is 12.8. The number of fused-ring (bicyclic) bond motifs is 1.